The molecule has 0 saturated carbocycles. The van der Waals surface area contributed by atoms with Crippen LogP contribution in [-0.4, -0.2) is 21.3 Å². The first-order valence-electron chi connectivity index (χ1n) is 5.37. The SMILES string of the molecule is CCSCc1ncc(CNC(C)(C)C)[nH]1. The quantitative estimate of drug-likeness (QED) is 0.812. The van der Waals surface area contributed by atoms with Crippen molar-refractivity contribution in [3.05, 3.63) is 17.7 Å². The molecule has 4 heteroatoms. The Morgan fingerprint density at radius 1 is 1.47 bits per heavy atom. The second-order valence-electron chi connectivity index (χ2n) is 4.60. The summed E-state index contributed by atoms with van der Waals surface area (Å²) >= 11 is 1.88. The van der Waals surface area contributed by atoms with Crippen LogP contribution in [0.4, 0.5) is 0 Å². The molecule has 0 aliphatic rings. The van der Waals surface area contributed by atoms with Crippen LogP contribution in [0.5, 0.6) is 0 Å². The molecule has 1 aromatic heterocycles. The Kier molecular flexibility index (Phi) is 4.67. The molecule has 0 atom stereocenters. The van der Waals surface area contributed by atoms with E-state index in [-0.39, 0.29) is 5.54 Å². The minimum Gasteiger partial charge on any atom is -0.344 e. The third-order valence-corrected chi connectivity index (χ3v) is 2.82. The van der Waals surface area contributed by atoms with Gasteiger partial charge in [-0.2, -0.15) is 11.8 Å². The van der Waals surface area contributed by atoms with E-state index in [0.717, 1.165) is 29.6 Å². The first-order chi connectivity index (χ1) is 7.01. The van der Waals surface area contributed by atoms with E-state index in [0.29, 0.717) is 0 Å². The number of thioether (sulfide) groups is 1. The van der Waals surface area contributed by atoms with Crippen LogP contribution in [0.2, 0.25) is 0 Å². The third kappa shape index (κ3) is 5.23. The lowest BCUT2D eigenvalue weighted by Gasteiger charge is -2.19. The van der Waals surface area contributed by atoms with Crippen LogP contribution in [0, 0.1) is 0 Å². The van der Waals surface area contributed by atoms with Crippen LogP contribution in [-0.2, 0) is 12.3 Å². The molecule has 0 amide bonds. The van der Waals surface area contributed by atoms with Crippen molar-refractivity contribution in [3.8, 4) is 0 Å². The van der Waals surface area contributed by atoms with Gasteiger partial charge in [0.1, 0.15) is 5.82 Å². The van der Waals surface area contributed by atoms with E-state index < -0.39 is 0 Å². The normalized spacial score (nSPS) is 12.0. The highest BCUT2D eigenvalue weighted by Gasteiger charge is 2.09. The molecule has 1 aromatic rings. The van der Waals surface area contributed by atoms with Gasteiger partial charge < -0.3 is 10.3 Å². The monoisotopic (exact) mass is 227 g/mol. The first kappa shape index (κ1) is 12.6. The minimum atomic E-state index is 0.156. The Bertz CT molecular complexity index is 288. The van der Waals surface area contributed by atoms with Gasteiger partial charge in [-0.1, -0.05) is 6.92 Å². The zero-order valence-corrected chi connectivity index (χ0v) is 10.9. The van der Waals surface area contributed by atoms with Crippen molar-refractivity contribution < 1.29 is 0 Å². The van der Waals surface area contributed by atoms with Gasteiger partial charge in [0.2, 0.25) is 0 Å². The van der Waals surface area contributed by atoms with E-state index in [1.807, 2.05) is 18.0 Å². The molecule has 3 nitrogen and oxygen atoms in total. The number of aromatic nitrogens is 2. The molecule has 1 rings (SSSR count). The van der Waals surface area contributed by atoms with Crippen molar-refractivity contribution in [1.82, 2.24) is 15.3 Å². The number of hydrogen-bond acceptors (Lipinski definition) is 3. The summed E-state index contributed by atoms with van der Waals surface area (Å²) in [6.07, 6.45) is 1.92. The Labute approximate surface area is 96.5 Å². The fourth-order valence-electron chi connectivity index (χ4n) is 1.13. The molecule has 0 aromatic carbocycles. The molecule has 0 saturated heterocycles. The summed E-state index contributed by atoms with van der Waals surface area (Å²) in [4.78, 5) is 7.66. The topological polar surface area (TPSA) is 40.7 Å². The molecule has 2 N–H and O–H groups in total. The summed E-state index contributed by atoms with van der Waals surface area (Å²) < 4.78 is 0. The van der Waals surface area contributed by atoms with Gasteiger partial charge in [-0.3, -0.25) is 0 Å². The summed E-state index contributed by atoms with van der Waals surface area (Å²) in [5.74, 6) is 3.19. The fraction of sp³-hybridized carbons (Fsp3) is 0.727. The number of nitrogens with one attached hydrogen (secondary N) is 2. The third-order valence-electron chi connectivity index (χ3n) is 1.93. The smallest absolute Gasteiger partial charge is 0.116 e. The zero-order valence-electron chi connectivity index (χ0n) is 10.1. The number of rotatable bonds is 5. The van der Waals surface area contributed by atoms with Gasteiger partial charge in [-0.05, 0) is 26.5 Å². The highest BCUT2D eigenvalue weighted by atomic mass is 32.2. The number of H-pyrrole nitrogens is 1. The van der Waals surface area contributed by atoms with Gasteiger partial charge in [-0.25, -0.2) is 4.98 Å². The van der Waals surface area contributed by atoms with E-state index in [1.54, 1.807) is 0 Å². The summed E-state index contributed by atoms with van der Waals surface area (Å²) in [5, 5.41) is 3.43. The van der Waals surface area contributed by atoms with Crippen LogP contribution in [0.25, 0.3) is 0 Å². The maximum atomic E-state index is 4.34. The fourth-order valence-corrected chi connectivity index (χ4v) is 1.67. The molecular formula is C11H21N3S. The van der Waals surface area contributed by atoms with E-state index >= 15 is 0 Å². The van der Waals surface area contributed by atoms with Crippen LogP contribution < -0.4 is 5.32 Å². The molecule has 0 unspecified atom stereocenters. The molecule has 0 spiro atoms. The van der Waals surface area contributed by atoms with E-state index in [4.69, 9.17) is 0 Å². The van der Waals surface area contributed by atoms with Crippen molar-refractivity contribution >= 4 is 11.8 Å². The largest absolute Gasteiger partial charge is 0.344 e. The molecule has 1 heterocycles. The number of aromatic amines is 1. The van der Waals surface area contributed by atoms with Gasteiger partial charge in [0.25, 0.3) is 0 Å². The predicted octanol–water partition coefficient (Wildman–Crippen LogP) is 2.55. The minimum absolute atomic E-state index is 0.156. The zero-order chi connectivity index (χ0) is 11.3. The highest BCUT2D eigenvalue weighted by molar-refractivity contribution is 7.98. The molecule has 0 aliphatic heterocycles. The molecule has 0 fully saturated rings. The van der Waals surface area contributed by atoms with Crippen LogP contribution >= 0.6 is 11.8 Å². The van der Waals surface area contributed by atoms with Crippen LogP contribution in [0.1, 0.15) is 39.2 Å². The van der Waals surface area contributed by atoms with E-state index in [2.05, 4.69) is 43.0 Å². The molecule has 0 aliphatic carbocycles. The molecule has 15 heavy (non-hydrogen) atoms. The summed E-state index contributed by atoms with van der Waals surface area (Å²) in [6.45, 7) is 9.51. The molecule has 0 bridgehead atoms. The summed E-state index contributed by atoms with van der Waals surface area (Å²) in [6, 6.07) is 0. The number of nitrogens with zero attached hydrogens (tertiary/aromatic N) is 1. The number of hydrogen-bond donors (Lipinski definition) is 2. The van der Waals surface area contributed by atoms with Crippen LogP contribution in [0.3, 0.4) is 0 Å². The maximum absolute atomic E-state index is 4.34. The second kappa shape index (κ2) is 5.56. The first-order valence-corrected chi connectivity index (χ1v) is 6.52. The van der Waals surface area contributed by atoms with E-state index in [9.17, 15) is 0 Å². The molecule has 0 radical (unpaired) electrons. The van der Waals surface area contributed by atoms with Crippen molar-refractivity contribution in [2.24, 2.45) is 0 Å². The van der Waals surface area contributed by atoms with Gasteiger partial charge in [0.05, 0.1) is 5.75 Å². The highest BCUT2D eigenvalue weighted by Crippen LogP contribution is 2.09. The van der Waals surface area contributed by atoms with E-state index in [1.165, 1.54) is 0 Å². The van der Waals surface area contributed by atoms with Crippen molar-refractivity contribution in [1.29, 1.82) is 0 Å². The van der Waals surface area contributed by atoms with Crippen molar-refractivity contribution in [2.45, 2.75) is 45.5 Å². The second-order valence-corrected chi connectivity index (χ2v) is 5.87. The molecular weight excluding hydrogens is 206 g/mol. The van der Waals surface area contributed by atoms with Gasteiger partial charge >= 0.3 is 0 Å². The predicted molar refractivity (Wildman–Crippen MR) is 67.0 cm³/mol. The van der Waals surface area contributed by atoms with Crippen molar-refractivity contribution in [3.63, 3.8) is 0 Å². The summed E-state index contributed by atoms with van der Waals surface area (Å²) in [7, 11) is 0. The van der Waals surface area contributed by atoms with Crippen LogP contribution in [0.15, 0.2) is 6.20 Å². The lowest BCUT2D eigenvalue weighted by atomic mass is 10.1. The van der Waals surface area contributed by atoms with Gasteiger partial charge in [0, 0.05) is 24.0 Å². The average molecular weight is 227 g/mol. The standard InChI is InChI=1S/C11H21N3S/c1-5-15-8-10-12-6-9(14-10)7-13-11(2,3)4/h6,13H,5,7-8H2,1-4H3,(H,12,14). The van der Waals surface area contributed by atoms with Crippen molar-refractivity contribution in [2.75, 3.05) is 5.75 Å². The Balaban J connectivity index is 2.39. The Morgan fingerprint density at radius 3 is 2.80 bits per heavy atom. The van der Waals surface area contributed by atoms with Gasteiger partial charge in [-0.15, -0.1) is 0 Å². The molecule has 86 valence electrons. The Hall–Kier alpha value is -0.480. The average Bonchev–Trinajstić information content (AvgIpc) is 2.58. The number of imidazole rings is 1. The lowest BCUT2D eigenvalue weighted by molar-refractivity contribution is 0.421. The lowest BCUT2D eigenvalue weighted by Crippen LogP contribution is -2.35. The van der Waals surface area contributed by atoms with Gasteiger partial charge in [0.15, 0.2) is 0 Å². The summed E-state index contributed by atoms with van der Waals surface area (Å²) in [5.41, 5.74) is 1.32. The Morgan fingerprint density at radius 2 is 2.20 bits per heavy atom. The maximum Gasteiger partial charge on any atom is 0.116 e.